The Balaban J connectivity index is 1.93. The smallest absolute Gasteiger partial charge is 0.321 e. The summed E-state index contributed by atoms with van der Waals surface area (Å²) in [6, 6.07) is 1.06. The molecule has 0 aliphatic carbocycles. The van der Waals surface area contributed by atoms with Crippen LogP contribution in [0.25, 0.3) is 0 Å². The van der Waals surface area contributed by atoms with Crippen LogP contribution >= 0.6 is 0 Å². The molecule has 5 nitrogen and oxygen atoms in total. The molecular formula is C15H20F3N3O2. The van der Waals surface area contributed by atoms with Crippen LogP contribution in [0.4, 0.5) is 23.7 Å². The fourth-order valence-corrected chi connectivity index (χ4v) is 2.62. The van der Waals surface area contributed by atoms with Gasteiger partial charge in [0.25, 0.3) is 0 Å². The van der Waals surface area contributed by atoms with Crippen LogP contribution in [-0.2, 0) is 0 Å². The van der Waals surface area contributed by atoms with Crippen LogP contribution in [0.3, 0.4) is 0 Å². The number of benzene rings is 1. The number of halogens is 3. The van der Waals surface area contributed by atoms with Gasteiger partial charge in [0.1, 0.15) is 0 Å². The van der Waals surface area contributed by atoms with Crippen LogP contribution < -0.4 is 5.32 Å². The van der Waals surface area contributed by atoms with E-state index < -0.39 is 23.5 Å². The van der Waals surface area contributed by atoms with E-state index in [0.717, 1.165) is 18.6 Å². The number of amides is 2. The minimum Gasteiger partial charge on any atom is -0.395 e. The van der Waals surface area contributed by atoms with E-state index in [0.29, 0.717) is 26.2 Å². The van der Waals surface area contributed by atoms with Crippen LogP contribution in [0.1, 0.15) is 13.3 Å². The van der Waals surface area contributed by atoms with Crippen molar-refractivity contribution in [2.24, 2.45) is 0 Å². The highest BCUT2D eigenvalue weighted by Crippen LogP contribution is 2.18. The number of piperazine rings is 1. The molecule has 1 saturated heterocycles. The summed E-state index contributed by atoms with van der Waals surface area (Å²) in [5.41, 5.74) is -0.129. The molecule has 8 heteroatoms. The zero-order valence-electron chi connectivity index (χ0n) is 12.9. The molecule has 1 fully saturated rings. The van der Waals surface area contributed by atoms with Gasteiger partial charge in [-0.2, -0.15) is 0 Å². The van der Waals surface area contributed by atoms with Crippen molar-refractivity contribution in [3.8, 4) is 0 Å². The van der Waals surface area contributed by atoms with Gasteiger partial charge in [0, 0.05) is 50.0 Å². The van der Waals surface area contributed by atoms with E-state index in [1.165, 1.54) is 4.90 Å². The lowest BCUT2D eigenvalue weighted by atomic mass is 10.2. The van der Waals surface area contributed by atoms with Crippen LogP contribution in [0.2, 0.25) is 0 Å². The fourth-order valence-electron chi connectivity index (χ4n) is 2.62. The maximum atomic E-state index is 13.1. The number of hydrogen-bond donors (Lipinski definition) is 2. The van der Waals surface area contributed by atoms with Gasteiger partial charge in [0.15, 0.2) is 17.5 Å². The summed E-state index contributed by atoms with van der Waals surface area (Å²) in [4.78, 5) is 15.7. The fraction of sp³-hybridized carbons (Fsp3) is 0.533. The molecule has 2 rings (SSSR count). The van der Waals surface area contributed by atoms with Gasteiger partial charge in [-0.1, -0.05) is 6.92 Å². The predicted molar refractivity (Wildman–Crippen MR) is 79.6 cm³/mol. The van der Waals surface area contributed by atoms with Crippen molar-refractivity contribution in [3.63, 3.8) is 0 Å². The van der Waals surface area contributed by atoms with Crippen LogP contribution in [0.5, 0.6) is 0 Å². The van der Waals surface area contributed by atoms with E-state index >= 15 is 0 Å². The minimum absolute atomic E-state index is 0.0663. The Hall–Kier alpha value is -1.80. The van der Waals surface area contributed by atoms with Crippen molar-refractivity contribution in [1.29, 1.82) is 0 Å². The highest BCUT2D eigenvalue weighted by molar-refractivity contribution is 5.89. The largest absolute Gasteiger partial charge is 0.395 e. The number of urea groups is 1. The second-order valence-electron chi connectivity index (χ2n) is 5.45. The lowest BCUT2D eigenvalue weighted by Gasteiger charge is -2.38. The van der Waals surface area contributed by atoms with Crippen molar-refractivity contribution >= 4 is 11.7 Å². The summed E-state index contributed by atoms with van der Waals surface area (Å²) >= 11 is 0. The third-order valence-electron chi connectivity index (χ3n) is 4.03. The molecule has 1 aromatic rings. The zero-order chi connectivity index (χ0) is 17.0. The number of hydrogen-bond acceptors (Lipinski definition) is 3. The molecule has 1 heterocycles. The van der Waals surface area contributed by atoms with Gasteiger partial charge in [-0.3, -0.25) is 4.90 Å². The molecule has 128 valence electrons. The van der Waals surface area contributed by atoms with Crippen molar-refractivity contribution in [1.82, 2.24) is 9.80 Å². The first-order valence-electron chi connectivity index (χ1n) is 7.51. The second kappa shape index (κ2) is 7.65. The summed E-state index contributed by atoms with van der Waals surface area (Å²) in [5.74, 6) is -4.26. The molecule has 1 aliphatic rings. The number of nitrogens with one attached hydrogen (secondary N) is 1. The van der Waals surface area contributed by atoms with Gasteiger partial charge < -0.3 is 15.3 Å². The molecule has 1 unspecified atom stereocenters. The Kier molecular flexibility index (Phi) is 5.84. The van der Waals surface area contributed by atoms with Gasteiger partial charge in [-0.05, 0) is 6.42 Å². The molecule has 1 aliphatic heterocycles. The quantitative estimate of drug-likeness (QED) is 0.830. The van der Waals surface area contributed by atoms with Gasteiger partial charge >= 0.3 is 6.03 Å². The molecule has 1 aromatic carbocycles. The molecule has 2 N–H and O–H groups in total. The van der Waals surface area contributed by atoms with E-state index in [1.54, 1.807) is 0 Å². The molecule has 2 amide bonds. The second-order valence-corrected chi connectivity index (χ2v) is 5.45. The SMILES string of the molecule is CCC(CO)N1CCN(C(=O)Nc2cc(F)c(F)c(F)c2)CC1. The molecule has 0 bridgehead atoms. The first-order valence-corrected chi connectivity index (χ1v) is 7.51. The van der Waals surface area contributed by atoms with E-state index in [9.17, 15) is 23.1 Å². The Morgan fingerprint density at radius 3 is 2.26 bits per heavy atom. The molecule has 0 aromatic heterocycles. The Morgan fingerprint density at radius 2 is 1.78 bits per heavy atom. The summed E-state index contributed by atoms with van der Waals surface area (Å²) in [5, 5.41) is 11.7. The normalized spacial score (nSPS) is 17.2. The lowest BCUT2D eigenvalue weighted by molar-refractivity contribution is 0.0766. The molecule has 0 saturated carbocycles. The number of aliphatic hydroxyl groups excluding tert-OH is 1. The lowest BCUT2D eigenvalue weighted by Crippen LogP contribution is -2.53. The average Bonchev–Trinajstić information content (AvgIpc) is 2.54. The third kappa shape index (κ3) is 4.14. The number of carbonyl (C=O) groups excluding carboxylic acids is 1. The number of anilines is 1. The van der Waals surface area contributed by atoms with Crippen molar-refractivity contribution < 1.29 is 23.1 Å². The molecule has 0 spiro atoms. The third-order valence-corrected chi connectivity index (χ3v) is 4.03. The van der Waals surface area contributed by atoms with Gasteiger partial charge in [-0.25, -0.2) is 18.0 Å². The average molecular weight is 331 g/mol. The highest BCUT2D eigenvalue weighted by atomic mass is 19.2. The van der Waals surface area contributed by atoms with Gasteiger partial charge in [0.2, 0.25) is 0 Å². The first kappa shape index (κ1) is 17.6. The standard InChI is InChI=1S/C15H20F3N3O2/c1-2-11(9-22)20-3-5-21(6-4-20)15(23)19-10-7-12(16)14(18)13(17)8-10/h7-8,11,22H,2-6,9H2,1H3,(H,19,23). The zero-order valence-corrected chi connectivity index (χ0v) is 12.9. The summed E-state index contributed by atoms with van der Waals surface area (Å²) in [6.45, 7) is 4.15. The van der Waals surface area contributed by atoms with Crippen molar-refractivity contribution in [3.05, 3.63) is 29.6 Å². The van der Waals surface area contributed by atoms with Gasteiger partial charge in [-0.15, -0.1) is 0 Å². The summed E-state index contributed by atoms with van der Waals surface area (Å²) < 4.78 is 39.2. The van der Waals surface area contributed by atoms with Gasteiger partial charge in [0.05, 0.1) is 6.61 Å². The van der Waals surface area contributed by atoms with Crippen LogP contribution in [0, 0.1) is 17.5 Å². The maximum Gasteiger partial charge on any atom is 0.321 e. The predicted octanol–water partition coefficient (Wildman–Crippen LogP) is 2.02. The Labute approximate surface area is 132 Å². The van der Waals surface area contributed by atoms with E-state index in [2.05, 4.69) is 10.2 Å². The van der Waals surface area contributed by atoms with Crippen molar-refractivity contribution in [2.45, 2.75) is 19.4 Å². The molecule has 23 heavy (non-hydrogen) atoms. The maximum absolute atomic E-state index is 13.1. The number of carbonyl (C=O) groups is 1. The minimum atomic E-state index is -1.56. The van der Waals surface area contributed by atoms with Crippen LogP contribution in [-0.4, -0.2) is 59.8 Å². The Morgan fingerprint density at radius 1 is 1.22 bits per heavy atom. The topological polar surface area (TPSA) is 55.8 Å². The van der Waals surface area contributed by atoms with E-state index in [4.69, 9.17) is 0 Å². The summed E-state index contributed by atoms with van der Waals surface area (Å²) in [7, 11) is 0. The summed E-state index contributed by atoms with van der Waals surface area (Å²) in [6.07, 6.45) is 0.816. The number of nitrogens with zero attached hydrogens (tertiary/aromatic N) is 2. The van der Waals surface area contributed by atoms with E-state index in [1.807, 2.05) is 6.92 Å². The molecule has 1 atom stereocenters. The molecule has 0 radical (unpaired) electrons. The monoisotopic (exact) mass is 331 g/mol. The Bertz CT molecular complexity index is 536. The van der Waals surface area contributed by atoms with Crippen molar-refractivity contribution in [2.75, 3.05) is 38.1 Å². The number of rotatable bonds is 4. The molecular weight excluding hydrogens is 311 g/mol. The van der Waals surface area contributed by atoms with E-state index in [-0.39, 0.29) is 18.3 Å². The van der Waals surface area contributed by atoms with Crippen LogP contribution in [0.15, 0.2) is 12.1 Å². The highest BCUT2D eigenvalue weighted by Gasteiger charge is 2.25. The first-order chi connectivity index (χ1) is 11.0. The number of aliphatic hydroxyl groups is 1.